The first-order chi connectivity index (χ1) is 17.6. The number of carbonyl (C=O) groups is 1. The van der Waals surface area contributed by atoms with Gasteiger partial charge in [0, 0.05) is 13.0 Å². The molecule has 2 heterocycles. The number of rotatable bonds is 21. The van der Waals surface area contributed by atoms with E-state index in [4.69, 9.17) is 4.74 Å². The topological polar surface area (TPSA) is 29.5 Å². The predicted molar refractivity (Wildman–Crippen MR) is 154 cm³/mol. The van der Waals surface area contributed by atoms with Crippen LogP contribution in [0.2, 0.25) is 0 Å². The van der Waals surface area contributed by atoms with E-state index in [1.165, 1.54) is 155 Å². The lowest BCUT2D eigenvalue weighted by Gasteiger charge is -2.41. The summed E-state index contributed by atoms with van der Waals surface area (Å²) in [6, 6.07) is 0. The van der Waals surface area contributed by atoms with E-state index in [1.807, 2.05) is 0 Å². The number of hydrogen-bond donors (Lipinski definition) is 0. The molecule has 0 unspecified atom stereocenters. The zero-order valence-electron chi connectivity index (χ0n) is 24.6. The van der Waals surface area contributed by atoms with Gasteiger partial charge < -0.3 is 9.22 Å². The number of quaternary nitrogens is 1. The Balaban J connectivity index is 1.50. The maximum atomic E-state index is 12.7. The summed E-state index contributed by atoms with van der Waals surface area (Å²) in [4.78, 5) is 15.3. The summed E-state index contributed by atoms with van der Waals surface area (Å²) in [6.07, 6.45) is 29.0. The summed E-state index contributed by atoms with van der Waals surface area (Å²) in [5, 5.41) is 0. The molecule has 2 saturated heterocycles. The van der Waals surface area contributed by atoms with Gasteiger partial charge in [-0.05, 0) is 51.6 Å². The first kappa shape index (κ1) is 31.6. The summed E-state index contributed by atoms with van der Waals surface area (Å²) in [5.41, 5.74) is 0. The van der Waals surface area contributed by atoms with E-state index in [9.17, 15) is 4.79 Å². The van der Waals surface area contributed by atoms with E-state index in [2.05, 4.69) is 18.9 Å². The van der Waals surface area contributed by atoms with Gasteiger partial charge in [-0.25, -0.2) is 0 Å². The molecule has 0 spiro atoms. The molecule has 0 aliphatic carbocycles. The number of ether oxygens (including phenoxy) is 1. The zero-order valence-corrected chi connectivity index (χ0v) is 24.6. The molecule has 0 radical (unpaired) electrons. The van der Waals surface area contributed by atoms with E-state index >= 15 is 0 Å². The number of nitrogens with zero attached hydrogens (tertiary/aromatic N) is 2. The van der Waals surface area contributed by atoms with Crippen molar-refractivity contribution >= 4 is 5.97 Å². The minimum Gasteiger partial charge on any atom is -0.455 e. The highest BCUT2D eigenvalue weighted by molar-refractivity contribution is 5.69. The van der Waals surface area contributed by atoms with Crippen LogP contribution < -0.4 is 0 Å². The second-order valence-corrected chi connectivity index (χ2v) is 12.5. The molecule has 2 rings (SSSR count). The third kappa shape index (κ3) is 15.6. The van der Waals surface area contributed by atoms with Crippen LogP contribution in [0.1, 0.15) is 148 Å². The van der Waals surface area contributed by atoms with E-state index < -0.39 is 0 Å². The highest BCUT2D eigenvalue weighted by Gasteiger charge is 2.31. The molecule has 212 valence electrons. The lowest BCUT2D eigenvalue weighted by atomic mass is 10.0. The maximum absolute atomic E-state index is 12.7. The number of hydrogen-bond acceptors (Lipinski definition) is 3. The zero-order chi connectivity index (χ0) is 25.7. The Bertz CT molecular complexity index is 526. The Morgan fingerprint density at radius 1 is 0.694 bits per heavy atom. The quantitative estimate of drug-likeness (QED) is 0.0889. The first-order valence-corrected chi connectivity index (χ1v) is 16.4. The lowest BCUT2D eigenvalue weighted by Crippen LogP contribution is -2.55. The Kier molecular flexibility index (Phi) is 17.9. The lowest BCUT2D eigenvalue weighted by molar-refractivity contribution is -0.916. The van der Waals surface area contributed by atoms with Crippen LogP contribution in [0.5, 0.6) is 0 Å². The van der Waals surface area contributed by atoms with Crippen LogP contribution in [-0.2, 0) is 9.53 Å². The fourth-order valence-electron chi connectivity index (χ4n) is 6.40. The Morgan fingerprint density at radius 3 is 1.69 bits per heavy atom. The van der Waals surface area contributed by atoms with Crippen molar-refractivity contribution in [2.24, 2.45) is 0 Å². The number of carbonyl (C=O) groups excluding carboxylic acids is 1. The SMILES string of the molecule is CCCCCCCCCCCCCCCCCC(=O)O[C@H](CN1CCCCC1)C[N+]1(C)CCCCC1. The number of likely N-dealkylation sites (tertiary alicyclic amines) is 2. The summed E-state index contributed by atoms with van der Waals surface area (Å²) in [7, 11) is 2.38. The van der Waals surface area contributed by atoms with Crippen molar-refractivity contribution in [3.8, 4) is 0 Å². The molecule has 1 atom stereocenters. The molecule has 0 saturated carbocycles. The summed E-state index contributed by atoms with van der Waals surface area (Å²) >= 11 is 0. The fraction of sp³-hybridized carbons (Fsp3) is 0.969. The number of unbranched alkanes of at least 4 members (excludes halogenated alkanes) is 14. The van der Waals surface area contributed by atoms with Crippen LogP contribution in [0.25, 0.3) is 0 Å². The molecular formula is C32H63N2O2+. The maximum Gasteiger partial charge on any atom is 0.306 e. The normalized spacial score (nSPS) is 19.3. The third-order valence-electron chi connectivity index (χ3n) is 8.73. The summed E-state index contributed by atoms with van der Waals surface area (Å²) in [5.74, 6) is 0.0512. The number of esters is 1. The molecule has 36 heavy (non-hydrogen) atoms. The van der Waals surface area contributed by atoms with Crippen LogP contribution in [0.3, 0.4) is 0 Å². The van der Waals surface area contributed by atoms with Gasteiger partial charge in [-0.1, -0.05) is 103 Å². The standard InChI is InChI=1S/C32H63N2O2/c1-3-4-5-6-7-8-9-10-11-12-13-14-15-16-19-24-32(35)36-31(29-33-25-20-17-21-26-33)30-34(2)27-22-18-23-28-34/h31H,3-30H2,1-2H3/q+1/t31-/m1/s1. The van der Waals surface area contributed by atoms with Crippen molar-refractivity contribution in [1.29, 1.82) is 0 Å². The molecule has 4 nitrogen and oxygen atoms in total. The Morgan fingerprint density at radius 2 is 1.17 bits per heavy atom. The van der Waals surface area contributed by atoms with Crippen LogP contribution in [0, 0.1) is 0 Å². The minimum absolute atomic E-state index is 0.0512. The minimum atomic E-state index is 0.0512. The molecule has 0 amide bonds. The molecule has 2 aliphatic rings. The van der Waals surface area contributed by atoms with Crippen LogP contribution in [0.15, 0.2) is 0 Å². The first-order valence-electron chi connectivity index (χ1n) is 16.4. The van der Waals surface area contributed by atoms with Gasteiger partial charge in [0.05, 0.1) is 20.1 Å². The molecule has 0 aromatic carbocycles. The van der Waals surface area contributed by atoms with Crippen molar-refractivity contribution in [2.75, 3.05) is 46.3 Å². The van der Waals surface area contributed by atoms with Crippen molar-refractivity contribution in [2.45, 2.75) is 154 Å². The Labute approximate surface area is 225 Å². The highest BCUT2D eigenvalue weighted by atomic mass is 16.5. The molecule has 0 aromatic rings. The van der Waals surface area contributed by atoms with Crippen LogP contribution >= 0.6 is 0 Å². The molecule has 2 fully saturated rings. The largest absolute Gasteiger partial charge is 0.455 e. The van der Waals surface area contributed by atoms with Gasteiger partial charge in [-0.15, -0.1) is 0 Å². The van der Waals surface area contributed by atoms with Gasteiger partial charge in [0.25, 0.3) is 0 Å². The smallest absolute Gasteiger partial charge is 0.306 e. The highest BCUT2D eigenvalue weighted by Crippen LogP contribution is 2.20. The average Bonchev–Trinajstić information content (AvgIpc) is 2.87. The number of likely N-dealkylation sites (N-methyl/N-ethyl adjacent to an activating group) is 1. The van der Waals surface area contributed by atoms with E-state index in [0.29, 0.717) is 6.42 Å². The fourth-order valence-corrected chi connectivity index (χ4v) is 6.40. The summed E-state index contributed by atoms with van der Waals surface area (Å²) < 4.78 is 7.23. The van der Waals surface area contributed by atoms with Gasteiger partial charge in [0.1, 0.15) is 6.54 Å². The molecular weight excluding hydrogens is 444 g/mol. The third-order valence-corrected chi connectivity index (χ3v) is 8.73. The van der Waals surface area contributed by atoms with Gasteiger partial charge in [0.2, 0.25) is 0 Å². The number of piperidine rings is 2. The van der Waals surface area contributed by atoms with Crippen molar-refractivity contribution in [1.82, 2.24) is 4.90 Å². The Hall–Kier alpha value is -0.610. The second kappa shape index (κ2) is 20.4. The van der Waals surface area contributed by atoms with E-state index in [1.54, 1.807) is 0 Å². The van der Waals surface area contributed by atoms with Crippen LogP contribution in [-0.4, -0.2) is 67.8 Å². The summed E-state index contributed by atoms with van der Waals surface area (Å²) in [6.45, 7) is 9.08. The monoisotopic (exact) mass is 507 g/mol. The van der Waals surface area contributed by atoms with E-state index in [-0.39, 0.29) is 12.1 Å². The molecule has 0 bridgehead atoms. The van der Waals surface area contributed by atoms with E-state index in [0.717, 1.165) is 24.0 Å². The van der Waals surface area contributed by atoms with Gasteiger partial charge in [-0.3, -0.25) is 9.69 Å². The second-order valence-electron chi connectivity index (χ2n) is 12.5. The van der Waals surface area contributed by atoms with Crippen molar-refractivity contribution < 1.29 is 14.0 Å². The average molecular weight is 508 g/mol. The van der Waals surface area contributed by atoms with Crippen molar-refractivity contribution in [3.05, 3.63) is 0 Å². The molecule has 2 aliphatic heterocycles. The predicted octanol–water partition coefficient (Wildman–Crippen LogP) is 8.28. The molecule has 0 aromatic heterocycles. The van der Waals surface area contributed by atoms with Gasteiger partial charge in [-0.2, -0.15) is 0 Å². The van der Waals surface area contributed by atoms with Crippen LogP contribution in [0.4, 0.5) is 0 Å². The van der Waals surface area contributed by atoms with Gasteiger partial charge >= 0.3 is 5.97 Å². The van der Waals surface area contributed by atoms with Gasteiger partial charge in [0.15, 0.2) is 6.10 Å². The van der Waals surface area contributed by atoms with Crippen molar-refractivity contribution in [3.63, 3.8) is 0 Å². The molecule has 4 heteroatoms. The molecule has 0 N–H and O–H groups in total.